The third kappa shape index (κ3) is 3.71. The Kier molecular flexibility index (Phi) is 4.30. The molecule has 2 N–H and O–H groups in total. The maximum absolute atomic E-state index is 11.6. The fourth-order valence-corrected chi connectivity index (χ4v) is 1.33. The second-order valence-electron chi connectivity index (χ2n) is 3.59. The van der Waals surface area contributed by atoms with E-state index in [0.29, 0.717) is 18.7 Å². The van der Waals surface area contributed by atoms with Crippen molar-refractivity contribution in [2.45, 2.75) is 6.92 Å². The summed E-state index contributed by atoms with van der Waals surface area (Å²) in [7, 11) is 0. The number of rotatable bonds is 3. The first-order valence-corrected chi connectivity index (χ1v) is 5.03. The van der Waals surface area contributed by atoms with Gasteiger partial charge < -0.3 is 15.5 Å². The summed E-state index contributed by atoms with van der Waals surface area (Å²) in [5.74, 6) is -0.301. The number of nitrogens with zero attached hydrogens (tertiary/aromatic N) is 1. The van der Waals surface area contributed by atoms with E-state index in [1.54, 1.807) is 11.8 Å². The molecule has 2 amide bonds. The molecule has 1 saturated heterocycles. The van der Waals surface area contributed by atoms with Crippen molar-refractivity contribution in [2.75, 3.05) is 32.7 Å². The molecule has 5 heteroatoms. The highest BCUT2D eigenvalue weighted by molar-refractivity contribution is 5.94. The Morgan fingerprint density at radius 1 is 1.40 bits per heavy atom. The Bertz CT molecular complexity index is 270. The first kappa shape index (κ1) is 11.7. The Labute approximate surface area is 89.5 Å². The number of carbonyl (C=O) groups excluding carboxylic acids is 2. The van der Waals surface area contributed by atoms with Gasteiger partial charge in [0.05, 0.1) is 6.54 Å². The molecule has 0 aromatic heterocycles. The van der Waals surface area contributed by atoms with Gasteiger partial charge in [0.25, 0.3) is 0 Å². The average molecular weight is 211 g/mol. The van der Waals surface area contributed by atoms with E-state index in [9.17, 15) is 9.59 Å². The number of piperazine rings is 1. The lowest BCUT2D eigenvalue weighted by molar-refractivity contribution is -0.132. The van der Waals surface area contributed by atoms with Gasteiger partial charge in [-0.1, -0.05) is 6.58 Å². The highest BCUT2D eigenvalue weighted by atomic mass is 16.2. The molecule has 15 heavy (non-hydrogen) atoms. The van der Waals surface area contributed by atoms with E-state index in [-0.39, 0.29) is 18.4 Å². The smallest absolute Gasteiger partial charge is 0.246 e. The number of nitrogens with one attached hydrogen (secondary N) is 2. The van der Waals surface area contributed by atoms with Crippen molar-refractivity contribution in [1.29, 1.82) is 0 Å². The Balaban J connectivity index is 2.28. The van der Waals surface area contributed by atoms with Gasteiger partial charge in [0, 0.05) is 31.8 Å². The first-order valence-electron chi connectivity index (χ1n) is 5.03. The fourth-order valence-electron chi connectivity index (χ4n) is 1.33. The Morgan fingerprint density at radius 2 is 2.00 bits per heavy atom. The van der Waals surface area contributed by atoms with Gasteiger partial charge >= 0.3 is 0 Å². The zero-order chi connectivity index (χ0) is 11.3. The van der Waals surface area contributed by atoms with E-state index >= 15 is 0 Å². The second kappa shape index (κ2) is 5.50. The predicted octanol–water partition coefficient (Wildman–Crippen LogP) is -0.889. The minimum Gasteiger partial charge on any atom is -0.343 e. The van der Waals surface area contributed by atoms with Crippen molar-refractivity contribution in [3.8, 4) is 0 Å². The van der Waals surface area contributed by atoms with Gasteiger partial charge in [0.1, 0.15) is 0 Å². The number of hydrogen-bond acceptors (Lipinski definition) is 3. The summed E-state index contributed by atoms with van der Waals surface area (Å²) >= 11 is 0. The van der Waals surface area contributed by atoms with Crippen molar-refractivity contribution in [3.05, 3.63) is 12.2 Å². The van der Waals surface area contributed by atoms with Crippen LogP contribution in [0.1, 0.15) is 6.92 Å². The number of hydrogen-bond donors (Lipinski definition) is 2. The van der Waals surface area contributed by atoms with Crippen LogP contribution in [0.5, 0.6) is 0 Å². The summed E-state index contributed by atoms with van der Waals surface area (Å²) in [6.07, 6.45) is 0. The third-order valence-electron chi connectivity index (χ3n) is 2.26. The van der Waals surface area contributed by atoms with Gasteiger partial charge in [0.2, 0.25) is 11.8 Å². The van der Waals surface area contributed by atoms with Crippen molar-refractivity contribution in [3.63, 3.8) is 0 Å². The van der Waals surface area contributed by atoms with Crippen LogP contribution < -0.4 is 10.6 Å². The van der Waals surface area contributed by atoms with Crippen molar-refractivity contribution in [2.24, 2.45) is 0 Å². The maximum Gasteiger partial charge on any atom is 0.246 e. The van der Waals surface area contributed by atoms with Crippen LogP contribution in [0, 0.1) is 0 Å². The monoisotopic (exact) mass is 211 g/mol. The van der Waals surface area contributed by atoms with Gasteiger partial charge in [0.15, 0.2) is 0 Å². The van der Waals surface area contributed by atoms with Crippen LogP contribution in [-0.4, -0.2) is 49.4 Å². The highest BCUT2D eigenvalue weighted by Gasteiger charge is 2.16. The van der Waals surface area contributed by atoms with Gasteiger partial charge in [-0.25, -0.2) is 0 Å². The van der Waals surface area contributed by atoms with Gasteiger partial charge in [-0.3, -0.25) is 9.59 Å². The fraction of sp³-hybridized carbons (Fsp3) is 0.600. The Hall–Kier alpha value is -1.36. The van der Waals surface area contributed by atoms with Crippen LogP contribution >= 0.6 is 0 Å². The lowest BCUT2D eigenvalue weighted by Crippen LogP contribution is -2.49. The zero-order valence-electron chi connectivity index (χ0n) is 9.01. The molecule has 1 fully saturated rings. The molecular formula is C10H17N3O2. The van der Waals surface area contributed by atoms with Gasteiger partial charge in [-0.05, 0) is 6.92 Å². The largest absolute Gasteiger partial charge is 0.343 e. The lowest BCUT2D eigenvalue weighted by atomic mass is 10.3. The molecule has 0 aromatic rings. The van der Waals surface area contributed by atoms with E-state index in [4.69, 9.17) is 0 Å². The standard InChI is InChI=1S/C10H17N3O2/c1-8(2)10(15)12-7-9(14)13-5-3-11-4-6-13/h11H,1,3-7H2,2H3,(H,12,15). The SMILES string of the molecule is C=C(C)C(=O)NCC(=O)N1CCNCC1. The van der Waals surface area contributed by atoms with Crippen LogP contribution in [0.15, 0.2) is 12.2 Å². The molecule has 0 atom stereocenters. The average Bonchev–Trinajstić information content (AvgIpc) is 2.26. The molecule has 5 nitrogen and oxygen atoms in total. The summed E-state index contributed by atoms with van der Waals surface area (Å²) in [5.41, 5.74) is 0.420. The summed E-state index contributed by atoms with van der Waals surface area (Å²) in [5, 5.41) is 5.69. The quantitative estimate of drug-likeness (QED) is 0.595. The maximum atomic E-state index is 11.6. The van der Waals surface area contributed by atoms with Crippen LogP contribution in [0.3, 0.4) is 0 Å². The van der Waals surface area contributed by atoms with Crippen LogP contribution in [0.25, 0.3) is 0 Å². The highest BCUT2D eigenvalue weighted by Crippen LogP contribution is 1.93. The molecule has 0 aliphatic carbocycles. The molecule has 0 unspecified atom stereocenters. The molecule has 1 aliphatic heterocycles. The van der Waals surface area contributed by atoms with Crippen LogP contribution in [0.2, 0.25) is 0 Å². The molecular weight excluding hydrogens is 194 g/mol. The van der Waals surface area contributed by atoms with Crippen LogP contribution in [-0.2, 0) is 9.59 Å². The molecule has 0 bridgehead atoms. The molecule has 0 spiro atoms. The van der Waals surface area contributed by atoms with E-state index in [1.807, 2.05) is 0 Å². The summed E-state index contributed by atoms with van der Waals surface area (Å²) < 4.78 is 0. The van der Waals surface area contributed by atoms with Crippen molar-refractivity contribution < 1.29 is 9.59 Å². The molecule has 1 heterocycles. The minimum absolute atomic E-state index is 0.0360. The summed E-state index contributed by atoms with van der Waals surface area (Å²) in [4.78, 5) is 24.5. The molecule has 1 aliphatic rings. The summed E-state index contributed by atoms with van der Waals surface area (Å²) in [6.45, 7) is 8.23. The Morgan fingerprint density at radius 3 is 2.53 bits per heavy atom. The molecule has 84 valence electrons. The third-order valence-corrected chi connectivity index (χ3v) is 2.26. The van der Waals surface area contributed by atoms with Gasteiger partial charge in [-0.15, -0.1) is 0 Å². The normalized spacial score (nSPS) is 15.9. The summed E-state index contributed by atoms with van der Waals surface area (Å²) in [6, 6.07) is 0. The van der Waals surface area contributed by atoms with E-state index in [2.05, 4.69) is 17.2 Å². The first-order chi connectivity index (χ1) is 7.11. The van der Waals surface area contributed by atoms with Crippen molar-refractivity contribution in [1.82, 2.24) is 15.5 Å². The lowest BCUT2D eigenvalue weighted by Gasteiger charge is -2.27. The molecule has 1 rings (SSSR count). The van der Waals surface area contributed by atoms with E-state index in [1.165, 1.54) is 0 Å². The molecule has 0 saturated carbocycles. The molecule has 0 radical (unpaired) electrons. The number of carbonyl (C=O) groups is 2. The minimum atomic E-state index is -0.265. The van der Waals surface area contributed by atoms with E-state index in [0.717, 1.165) is 13.1 Å². The van der Waals surface area contributed by atoms with Crippen LogP contribution in [0.4, 0.5) is 0 Å². The predicted molar refractivity (Wildman–Crippen MR) is 57.3 cm³/mol. The van der Waals surface area contributed by atoms with Crippen molar-refractivity contribution >= 4 is 11.8 Å². The second-order valence-corrected chi connectivity index (χ2v) is 3.59. The van der Waals surface area contributed by atoms with Gasteiger partial charge in [-0.2, -0.15) is 0 Å². The topological polar surface area (TPSA) is 61.4 Å². The number of amides is 2. The molecule has 0 aromatic carbocycles. The van der Waals surface area contributed by atoms with E-state index < -0.39 is 0 Å². The zero-order valence-corrected chi connectivity index (χ0v) is 9.01.